The highest BCUT2D eigenvalue weighted by Crippen LogP contribution is 2.13. The van der Waals surface area contributed by atoms with E-state index < -0.39 is 0 Å². The van der Waals surface area contributed by atoms with Crippen molar-refractivity contribution >= 4 is 35.0 Å². The number of hydrogen-bond donors (Lipinski definition) is 2. The van der Waals surface area contributed by atoms with Crippen LogP contribution in [-0.2, 0) is 0 Å². The summed E-state index contributed by atoms with van der Waals surface area (Å²) < 4.78 is 0. The number of thiocarbonyl (C=S) groups is 1. The van der Waals surface area contributed by atoms with Gasteiger partial charge in [0.15, 0.2) is 0 Å². The maximum atomic E-state index is 9.56. The fourth-order valence-corrected chi connectivity index (χ4v) is 1.74. The maximum absolute atomic E-state index is 9.56. The number of hydrogen-bond acceptors (Lipinski definition) is 3. The third kappa shape index (κ3) is 3.77. The van der Waals surface area contributed by atoms with Crippen LogP contribution in [0.3, 0.4) is 0 Å². The lowest BCUT2D eigenvalue weighted by Gasteiger charge is -2.03. The van der Waals surface area contributed by atoms with Gasteiger partial charge in [0, 0.05) is 16.1 Å². The number of halogens is 1. The molecule has 0 amide bonds. The smallest absolute Gasteiger partial charge is 0.126 e. The molecule has 0 aliphatic carbocycles. The van der Waals surface area contributed by atoms with E-state index >= 15 is 0 Å². The van der Waals surface area contributed by atoms with Gasteiger partial charge in [-0.05, 0) is 24.3 Å². The zero-order valence-corrected chi connectivity index (χ0v) is 11.4. The van der Waals surface area contributed by atoms with Crippen molar-refractivity contribution in [2.24, 2.45) is 5.10 Å². The summed E-state index contributed by atoms with van der Waals surface area (Å²) in [5.74, 6) is 0.172. The van der Waals surface area contributed by atoms with Crippen LogP contribution in [-0.4, -0.2) is 16.3 Å². The highest BCUT2D eigenvalue weighted by molar-refractivity contribution is 7.80. The molecule has 0 aromatic heterocycles. The highest BCUT2D eigenvalue weighted by Gasteiger charge is 1.99. The molecule has 0 aliphatic heterocycles. The number of phenols is 1. The molecule has 2 aromatic rings. The van der Waals surface area contributed by atoms with Crippen LogP contribution in [0.5, 0.6) is 5.75 Å². The van der Waals surface area contributed by atoms with E-state index in [9.17, 15) is 5.11 Å². The van der Waals surface area contributed by atoms with Gasteiger partial charge in [0.2, 0.25) is 0 Å². The molecule has 2 rings (SSSR count). The summed E-state index contributed by atoms with van der Waals surface area (Å²) in [4.78, 5) is 0.489. The van der Waals surface area contributed by atoms with Crippen molar-refractivity contribution in [3.05, 3.63) is 64.7 Å². The Bertz CT molecular complexity index is 611. The molecule has 2 N–H and O–H groups in total. The number of nitrogens with zero attached hydrogens (tertiary/aromatic N) is 1. The van der Waals surface area contributed by atoms with Crippen molar-refractivity contribution in [3.8, 4) is 5.75 Å². The molecule has 0 unspecified atom stereocenters. The molecule has 19 heavy (non-hydrogen) atoms. The molecule has 0 bridgehead atoms. The minimum atomic E-state index is 0.172. The van der Waals surface area contributed by atoms with E-state index in [-0.39, 0.29) is 5.75 Å². The number of aromatic hydroxyl groups is 1. The van der Waals surface area contributed by atoms with Gasteiger partial charge in [-0.1, -0.05) is 48.1 Å². The first-order valence-electron chi connectivity index (χ1n) is 5.54. The maximum Gasteiger partial charge on any atom is 0.126 e. The molecule has 0 fully saturated rings. The number of para-hydroxylation sites is 1. The Hall–Kier alpha value is -1.91. The molecule has 3 nitrogen and oxygen atoms in total. The average molecular weight is 291 g/mol. The van der Waals surface area contributed by atoms with Gasteiger partial charge in [-0.15, -0.1) is 0 Å². The number of nitrogens with one attached hydrogen (secondary N) is 1. The van der Waals surface area contributed by atoms with Gasteiger partial charge in [-0.25, -0.2) is 0 Å². The topological polar surface area (TPSA) is 44.6 Å². The zero-order valence-electron chi connectivity index (χ0n) is 9.88. The SMILES string of the molecule is Oc1ccccc1/C=N/NC(=S)c1ccc(Cl)cc1. The molecule has 0 spiro atoms. The standard InChI is InChI=1S/C14H11ClN2OS/c15-12-7-5-10(6-8-12)14(19)17-16-9-11-3-1-2-4-13(11)18/h1-9,18H,(H,17,19)/b16-9+. The molecular weight excluding hydrogens is 280 g/mol. The Morgan fingerprint density at radius 3 is 2.53 bits per heavy atom. The lowest BCUT2D eigenvalue weighted by molar-refractivity contribution is 0.474. The van der Waals surface area contributed by atoms with Crippen LogP contribution in [0.25, 0.3) is 0 Å². The number of benzene rings is 2. The summed E-state index contributed by atoms with van der Waals surface area (Å²) >= 11 is 11.0. The molecule has 0 saturated heterocycles. The molecule has 0 aliphatic rings. The van der Waals surface area contributed by atoms with E-state index in [1.54, 1.807) is 30.3 Å². The van der Waals surface area contributed by atoms with E-state index in [4.69, 9.17) is 23.8 Å². The molecule has 2 aromatic carbocycles. The highest BCUT2D eigenvalue weighted by atomic mass is 35.5. The molecule has 0 saturated carbocycles. The largest absolute Gasteiger partial charge is 0.507 e. The van der Waals surface area contributed by atoms with Crippen LogP contribution >= 0.6 is 23.8 Å². The molecule has 0 radical (unpaired) electrons. The van der Waals surface area contributed by atoms with E-state index in [1.807, 2.05) is 18.2 Å². The Kier molecular flexibility index (Phi) is 4.49. The third-order valence-electron chi connectivity index (χ3n) is 2.41. The van der Waals surface area contributed by atoms with Crippen molar-refractivity contribution in [2.75, 3.05) is 0 Å². The van der Waals surface area contributed by atoms with Crippen LogP contribution in [0.15, 0.2) is 53.6 Å². The van der Waals surface area contributed by atoms with Gasteiger partial charge >= 0.3 is 0 Å². The second-order valence-electron chi connectivity index (χ2n) is 3.76. The Morgan fingerprint density at radius 2 is 1.84 bits per heavy atom. The van der Waals surface area contributed by atoms with Crippen molar-refractivity contribution in [1.29, 1.82) is 0 Å². The normalized spacial score (nSPS) is 10.6. The fourth-order valence-electron chi connectivity index (χ4n) is 1.42. The Labute approximate surface area is 121 Å². The van der Waals surface area contributed by atoms with E-state index in [1.165, 1.54) is 6.21 Å². The molecular formula is C14H11ClN2OS. The third-order valence-corrected chi connectivity index (χ3v) is 2.99. The van der Waals surface area contributed by atoms with Gasteiger partial charge in [-0.2, -0.15) is 5.10 Å². The molecule has 5 heteroatoms. The first-order valence-corrected chi connectivity index (χ1v) is 6.32. The minimum Gasteiger partial charge on any atom is -0.507 e. The Balaban J connectivity index is 2.01. The van der Waals surface area contributed by atoms with Crippen LogP contribution in [0.4, 0.5) is 0 Å². The van der Waals surface area contributed by atoms with Crippen molar-refractivity contribution in [2.45, 2.75) is 0 Å². The van der Waals surface area contributed by atoms with E-state index in [0.717, 1.165) is 5.56 Å². The van der Waals surface area contributed by atoms with Crippen molar-refractivity contribution in [1.82, 2.24) is 5.43 Å². The number of rotatable bonds is 3. The van der Waals surface area contributed by atoms with Gasteiger partial charge in [0.1, 0.15) is 10.7 Å². The lowest BCUT2D eigenvalue weighted by atomic mass is 10.2. The average Bonchev–Trinajstić information content (AvgIpc) is 2.41. The van der Waals surface area contributed by atoms with E-state index in [0.29, 0.717) is 15.6 Å². The summed E-state index contributed by atoms with van der Waals surface area (Å²) in [6, 6.07) is 14.1. The van der Waals surface area contributed by atoms with Gasteiger partial charge < -0.3 is 5.11 Å². The van der Waals surface area contributed by atoms with E-state index in [2.05, 4.69) is 10.5 Å². The monoisotopic (exact) mass is 290 g/mol. The van der Waals surface area contributed by atoms with Crippen molar-refractivity contribution in [3.63, 3.8) is 0 Å². The summed E-state index contributed by atoms with van der Waals surface area (Å²) in [5, 5.41) is 14.2. The fraction of sp³-hybridized carbons (Fsp3) is 0. The predicted molar refractivity (Wildman–Crippen MR) is 82.0 cm³/mol. The second-order valence-corrected chi connectivity index (χ2v) is 4.61. The summed E-state index contributed by atoms with van der Waals surface area (Å²) in [7, 11) is 0. The Morgan fingerprint density at radius 1 is 1.16 bits per heavy atom. The first kappa shape index (κ1) is 13.5. The van der Waals surface area contributed by atoms with Crippen LogP contribution in [0.2, 0.25) is 5.02 Å². The molecule has 96 valence electrons. The van der Waals surface area contributed by atoms with Crippen molar-refractivity contribution < 1.29 is 5.11 Å². The van der Waals surface area contributed by atoms with Crippen LogP contribution in [0.1, 0.15) is 11.1 Å². The molecule has 0 atom stereocenters. The number of phenolic OH excluding ortho intramolecular Hbond substituents is 1. The van der Waals surface area contributed by atoms with Gasteiger partial charge in [0.25, 0.3) is 0 Å². The lowest BCUT2D eigenvalue weighted by Crippen LogP contribution is -2.16. The minimum absolute atomic E-state index is 0.172. The summed E-state index contributed by atoms with van der Waals surface area (Å²) in [6.07, 6.45) is 1.51. The summed E-state index contributed by atoms with van der Waals surface area (Å²) in [5.41, 5.74) is 4.19. The molecule has 0 heterocycles. The predicted octanol–water partition coefficient (Wildman–Crippen LogP) is 3.34. The summed E-state index contributed by atoms with van der Waals surface area (Å²) in [6.45, 7) is 0. The van der Waals surface area contributed by atoms with Gasteiger partial charge in [-0.3, -0.25) is 5.43 Å². The zero-order chi connectivity index (χ0) is 13.7. The first-order chi connectivity index (χ1) is 9.16. The number of hydrazone groups is 1. The van der Waals surface area contributed by atoms with Crippen LogP contribution in [0, 0.1) is 0 Å². The second kappa shape index (κ2) is 6.31. The van der Waals surface area contributed by atoms with Crippen LogP contribution < -0.4 is 5.43 Å². The quantitative estimate of drug-likeness (QED) is 0.518. The van der Waals surface area contributed by atoms with Gasteiger partial charge in [0.05, 0.1) is 6.21 Å².